The molecule has 0 unspecified atom stereocenters. The van der Waals surface area contributed by atoms with Gasteiger partial charge in [0.25, 0.3) is 0 Å². The average Bonchev–Trinajstić information content (AvgIpc) is 2.99. The van der Waals surface area contributed by atoms with Crippen molar-refractivity contribution in [3.8, 4) is 0 Å². The normalized spacial score (nSPS) is 11.2. The summed E-state index contributed by atoms with van der Waals surface area (Å²) in [6, 6.07) is 16.7. The van der Waals surface area contributed by atoms with Crippen molar-refractivity contribution >= 4 is 22.5 Å². The van der Waals surface area contributed by atoms with Crippen molar-refractivity contribution in [2.75, 3.05) is 11.6 Å². The summed E-state index contributed by atoms with van der Waals surface area (Å²) < 4.78 is 15.5. The first-order valence-electron chi connectivity index (χ1n) is 9.69. The molecule has 0 amide bonds. The number of hydrogen-bond acceptors (Lipinski definition) is 2. The highest BCUT2D eigenvalue weighted by Crippen LogP contribution is 2.26. The third-order valence-electron chi connectivity index (χ3n) is 5.46. The predicted octanol–water partition coefficient (Wildman–Crippen LogP) is 5.83. The Balaban J connectivity index is 1.73. The molecule has 3 nitrogen and oxygen atoms in total. The molecule has 2 aromatic heterocycles. The van der Waals surface area contributed by atoms with Gasteiger partial charge in [-0.2, -0.15) is 0 Å². The Kier molecular flexibility index (Phi) is 5.54. The maximum Gasteiger partial charge on any atom is 0.123 e. The first kappa shape index (κ1) is 19.5. The van der Waals surface area contributed by atoms with Gasteiger partial charge in [-0.1, -0.05) is 41.9 Å². The summed E-state index contributed by atoms with van der Waals surface area (Å²) >= 11 is 6.46. The maximum atomic E-state index is 13.3. The van der Waals surface area contributed by atoms with E-state index >= 15 is 0 Å². The average molecular weight is 408 g/mol. The van der Waals surface area contributed by atoms with E-state index < -0.39 is 0 Å². The monoisotopic (exact) mass is 407 g/mol. The summed E-state index contributed by atoms with van der Waals surface area (Å²) in [4.78, 5) is 4.35. The van der Waals surface area contributed by atoms with Gasteiger partial charge in [0, 0.05) is 28.8 Å². The van der Waals surface area contributed by atoms with Crippen LogP contribution in [0.5, 0.6) is 0 Å². The molecular weight excluding hydrogens is 385 g/mol. The van der Waals surface area contributed by atoms with E-state index in [1.165, 1.54) is 28.8 Å². The Morgan fingerprint density at radius 3 is 2.55 bits per heavy atom. The van der Waals surface area contributed by atoms with E-state index in [2.05, 4.69) is 40.6 Å². The molecular formula is C24H23ClFN3. The first-order chi connectivity index (χ1) is 14.0. The van der Waals surface area contributed by atoms with E-state index in [0.717, 1.165) is 34.6 Å². The zero-order valence-electron chi connectivity index (χ0n) is 16.6. The molecule has 29 heavy (non-hydrogen) atoms. The van der Waals surface area contributed by atoms with Gasteiger partial charge in [-0.15, -0.1) is 0 Å². The van der Waals surface area contributed by atoms with E-state index in [1.807, 2.05) is 42.7 Å². The lowest BCUT2D eigenvalue weighted by atomic mass is 10.1. The molecule has 2 aromatic carbocycles. The van der Waals surface area contributed by atoms with Crippen molar-refractivity contribution in [2.45, 2.75) is 26.8 Å². The first-order valence-corrected chi connectivity index (χ1v) is 10.1. The van der Waals surface area contributed by atoms with E-state index in [1.54, 1.807) is 0 Å². The second kappa shape index (κ2) is 8.26. The molecule has 2 heterocycles. The van der Waals surface area contributed by atoms with Gasteiger partial charge < -0.3 is 5.01 Å². The van der Waals surface area contributed by atoms with E-state index in [-0.39, 0.29) is 5.82 Å². The molecule has 0 aliphatic carbocycles. The Hall–Kier alpha value is -2.85. The maximum absolute atomic E-state index is 13.3. The van der Waals surface area contributed by atoms with Gasteiger partial charge in [0.1, 0.15) is 5.82 Å². The van der Waals surface area contributed by atoms with Crippen LogP contribution in [0.3, 0.4) is 0 Å². The number of aryl methyl sites for hydroxylation is 1. The number of pyridine rings is 1. The highest BCUT2D eigenvalue weighted by Gasteiger charge is 2.17. The van der Waals surface area contributed by atoms with E-state index in [4.69, 9.17) is 11.6 Å². The molecule has 0 N–H and O–H groups in total. The summed E-state index contributed by atoms with van der Waals surface area (Å²) in [6.07, 6.45) is 4.53. The summed E-state index contributed by atoms with van der Waals surface area (Å²) in [6.45, 7) is 5.70. The highest BCUT2D eigenvalue weighted by molar-refractivity contribution is 6.31. The predicted molar refractivity (Wildman–Crippen MR) is 118 cm³/mol. The zero-order valence-corrected chi connectivity index (χ0v) is 17.3. The van der Waals surface area contributed by atoms with Crippen molar-refractivity contribution in [3.63, 3.8) is 0 Å². The molecule has 0 radical (unpaired) electrons. The molecule has 0 atom stereocenters. The lowest BCUT2D eigenvalue weighted by Gasteiger charge is -2.29. The van der Waals surface area contributed by atoms with Crippen LogP contribution in [-0.2, 0) is 13.0 Å². The molecule has 0 aliphatic rings. The van der Waals surface area contributed by atoms with Crippen molar-refractivity contribution < 1.29 is 4.39 Å². The van der Waals surface area contributed by atoms with Crippen LogP contribution in [0.1, 0.15) is 22.4 Å². The smallest absolute Gasteiger partial charge is 0.123 e. The number of rotatable bonds is 6. The molecule has 4 aromatic rings. The summed E-state index contributed by atoms with van der Waals surface area (Å²) in [5.74, 6) is -0.212. The number of hydrogen-bond donors (Lipinski definition) is 0. The van der Waals surface area contributed by atoms with E-state index in [0.29, 0.717) is 6.54 Å². The minimum absolute atomic E-state index is 0.212. The van der Waals surface area contributed by atoms with Crippen molar-refractivity contribution in [3.05, 3.63) is 100 Å². The van der Waals surface area contributed by atoms with Crippen LogP contribution < -0.4 is 5.01 Å². The van der Waals surface area contributed by atoms with Crippen LogP contribution in [0.2, 0.25) is 5.02 Å². The standard InChI is InChI=1S/C24H23ClFN3/c1-17-18(2)29(24-15-27-13-11-22(17)24)28(16-20-5-3-4-6-23(20)25)14-12-19-7-9-21(26)10-8-19/h3-11,13,15H,12,14,16H2,1-2H3. The van der Waals surface area contributed by atoms with Crippen molar-refractivity contribution in [2.24, 2.45) is 0 Å². The summed E-state index contributed by atoms with van der Waals surface area (Å²) in [5.41, 5.74) is 5.66. The minimum atomic E-state index is -0.212. The second-order valence-electron chi connectivity index (χ2n) is 7.27. The van der Waals surface area contributed by atoms with Crippen LogP contribution in [-0.4, -0.2) is 16.2 Å². The molecule has 148 valence electrons. The number of benzene rings is 2. The molecule has 0 bridgehead atoms. The molecule has 0 spiro atoms. The molecule has 5 heteroatoms. The third kappa shape index (κ3) is 3.99. The van der Waals surface area contributed by atoms with Gasteiger partial charge in [0.05, 0.1) is 18.3 Å². The van der Waals surface area contributed by atoms with Gasteiger partial charge in [0.2, 0.25) is 0 Å². The second-order valence-corrected chi connectivity index (χ2v) is 7.68. The molecule has 0 fully saturated rings. The summed E-state index contributed by atoms with van der Waals surface area (Å²) in [7, 11) is 0. The Labute approximate surface area is 175 Å². The molecule has 0 saturated carbocycles. The van der Waals surface area contributed by atoms with E-state index in [9.17, 15) is 4.39 Å². The zero-order chi connectivity index (χ0) is 20.4. The Bertz CT molecular complexity index is 1130. The van der Waals surface area contributed by atoms with Crippen molar-refractivity contribution in [1.82, 2.24) is 9.66 Å². The topological polar surface area (TPSA) is 21.1 Å². The SMILES string of the molecule is Cc1c(C)n(N(CCc2ccc(F)cc2)Cc2ccccc2Cl)c2cnccc12. The highest BCUT2D eigenvalue weighted by atomic mass is 35.5. The molecule has 4 rings (SSSR count). The third-order valence-corrected chi connectivity index (χ3v) is 5.83. The largest absolute Gasteiger partial charge is 0.308 e. The van der Waals surface area contributed by atoms with Crippen LogP contribution >= 0.6 is 11.6 Å². The summed E-state index contributed by atoms with van der Waals surface area (Å²) in [5, 5.41) is 4.24. The Morgan fingerprint density at radius 2 is 1.79 bits per heavy atom. The fraction of sp³-hybridized carbons (Fsp3) is 0.208. The van der Waals surface area contributed by atoms with Gasteiger partial charge in [-0.25, -0.2) is 4.39 Å². The number of fused-ring (bicyclic) bond motifs is 1. The minimum Gasteiger partial charge on any atom is -0.308 e. The fourth-order valence-electron chi connectivity index (χ4n) is 3.75. The van der Waals surface area contributed by atoms with Gasteiger partial charge in [0.15, 0.2) is 0 Å². The molecule has 0 aliphatic heterocycles. The van der Waals surface area contributed by atoms with Gasteiger partial charge >= 0.3 is 0 Å². The fourth-order valence-corrected chi connectivity index (χ4v) is 3.95. The molecule has 0 saturated heterocycles. The van der Waals surface area contributed by atoms with Crippen LogP contribution in [0.4, 0.5) is 4.39 Å². The van der Waals surface area contributed by atoms with Gasteiger partial charge in [-0.3, -0.25) is 9.66 Å². The van der Waals surface area contributed by atoms with Crippen LogP contribution in [0.25, 0.3) is 10.9 Å². The number of halogens is 2. The van der Waals surface area contributed by atoms with Crippen molar-refractivity contribution in [1.29, 1.82) is 0 Å². The van der Waals surface area contributed by atoms with Crippen LogP contribution in [0, 0.1) is 19.7 Å². The number of nitrogens with zero attached hydrogens (tertiary/aromatic N) is 3. The number of aromatic nitrogens is 2. The van der Waals surface area contributed by atoms with Gasteiger partial charge in [-0.05, 0) is 61.2 Å². The quantitative estimate of drug-likeness (QED) is 0.401. The Morgan fingerprint density at radius 1 is 1.03 bits per heavy atom. The lowest BCUT2D eigenvalue weighted by Crippen LogP contribution is -2.36. The lowest BCUT2D eigenvalue weighted by molar-refractivity contribution is 0.581. The van der Waals surface area contributed by atoms with Crippen LogP contribution in [0.15, 0.2) is 67.0 Å².